The molecule has 0 radical (unpaired) electrons. The number of hydrogen-bond donors (Lipinski definition) is 1. The Morgan fingerprint density at radius 2 is 1.90 bits per heavy atom. The van der Waals surface area contributed by atoms with Gasteiger partial charge in [-0.15, -0.1) is 11.3 Å². The number of aryl methyl sites for hydroxylation is 1. The Morgan fingerprint density at radius 3 is 2.86 bits per heavy atom. The van der Waals surface area contributed by atoms with Gasteiger partial charge in [0.05, 0.1) is 11.0 Å². The van der Waals surface area contributed by atoms with Crippen LogP contribution in [0.1, 0.15) is 16.9 Å². The van der Waals surface area contributed by atoms with Crippen LogP contribution in [0.15, 0.2) is 42.5 Å². The normalized spacial score (nSPS) is 14.3. The van der Waals surface area contributed by atoms with Crippen molar-refractivity contribution in [1.29, 1.82) is 0 Å². The number of thiophene rings is 1. The average molecular weight is 290 g/mol. The van der Waals surface area contributed by atoms with E-state index in [1.54, 1.807) is 0 Å². The summed E-state index contributed by atoms with van der Waals surface area (Å²) in [6, 6.07) is 13.0. The molecule has 0 bridgehead atoms. The Bertz CT molecular complexity index is 1050. The van der Waals surface area contributed by atoms with E-state index >= 15 is 0 Å². The molecule has 2 N–H and O–H groups in total. The third kappa shape index (κ3) is 1.41. The van der Waals surface area contributed by atoms with E-state index in [1.165, 1.54) is 31.3 Å². The molecule has 0 spiro atoms. The fourth-order valence-corrected chi connectivity index (χ4v) is 4.67. The summed E-state index contributed by atoms with van der Waals surface area (Å²) in [5.41, 5.74) is 3.72. The Hall–Kier alpha value is -2.26. The molecule has 102 valence electrons. The number of allylic oxidation sites excluding steroid dienone is 1. The van der Waals surface area contributed by atoms with Crippen LogP contribution in [0.4, 0.5) is 0 Å². The second-order valence-electron chi connectivity index (χ2n) is 5.64. The summed E-state index contributed by atoms with van der Waals surface area (Å²) in [5.74, 6) is 6.30. The number of aromatic nitrogens is 1. The van der Waals surface area contributed by atoms with E-state index in [2.05, 4.69) is 42.5 Å². The van der Waals surface area contributed by atoms with Crippen LogP contribution in [0.25, 0.3) is 38.0 Å². The van der Waals surface area contributed by atoms with E-state index in [0.29, 0.717) is 0 Å². The predicted molar refractivity (Wildman–Crippen MR) is 92.3 cm³/mol. The fourth-order valence-electron chi connectivity index (χ4n) is 3.47. The molecule has 2 heterocycles. The van der Waals surface area contributed by atoms with Gasteiger partial charge in [-0.3, -0.25) is 4.68 Å². The molecule has 0 fully saturated rings. The molecule has 0 aliphatic heterocycles. The van der Waals surface area contributed by atoms with Gasteiger partial charge < -0.3 is 5.84 Å². The van der Waals surface area contributed by atoms with Gasteiger partial charge >= 0.3 is 0 Å². The Labute approximate surface area is 126 Å². The molecule has 3 heteroatoms. The summed E-state index contributed by atoms with van der Waals surface area (Å²) in [4.78, 5) is 1.41. The maximum absolute atomic E-state index is 6.30. The van der Waals surface area contributed by atoms with E-state index in [-0.39, 0.29) is 0 Å². The van der Waals surface area contributed by atoms with Gasteiger partial charge in [0.25, 0.3) is 0 Å². The van der Waals surface area contributed by atoms with Crippen molar-refractivity contribution in [3.05, 3.63) is 52.9 Å². The lowest BCUT2D eigenvalue weighted by molar-refractivity contribution is 1.01. The van der Waals surface area contributed by atoms with Crippen LogP contribution in [0.2, 0.25) is 0 Å². The van der Waals surface area contributed by atoms with Crippen LogP contribution in [0.5, 0.6) is 0 Å². The van der Waals surface area contributed by atoms with Gasteiger partial charge in [-0.1, -0.05) is 24.3 Å². The summed E-state index contributed by atoms with van der Waals surface area (Å²) < 4.78 is 3.16. The smallest absolute Gasteiger partial charge is 0.0718 e. The number of rotatable bonds is 0. The first-order valence-electron chi connectivity index (χ1n) is 7.23. The number of nitrogen functional groups attached to an aromatic ring is 1. The lowest BCUT2D eigenvalue weighted by Gasteiger charge is -2.04. The molecule has 0 saturated carbocycles. The number of nitrogens with two attached hydrogens (primary N) is 1. The largest absolute Gasteiger partial charge is 0.339 e. The molecule has 1 aliphatic carbocycles. The van der Waals surface area contributed by atoms with Gasteiger partial charge in [-0.25, -0.2) is 0 Å². The number of fused-ring (bicyclic) bond motifs is 6. The van der Waals surface area contributed by atoms with Gasteiger partial charge in [0.15, 0.2) is 0 Å². The van der Waals surface area contributed by atoms with Crippen molar-refractivity contribution in [3.63, 3.8) is 0 Å². The summed E-state index contributed by atoms with van der Waals surface area (Å²) in [6.07, 6.45) is 6.84. The zero-order valence-corrected chi connectivity index (χ0v) is 12.3. The Balaban J connectivity index is 2.00. The monoisotopic (exact) mass is 290 g/mol. The van der Waals surface area contributed by atoms with Crippen molar-refractivity contribution in [2.75, 3.05) is 5.84 Å². The molecule has 2 aromatic heterocycles. The molecule has 5 rings (SSSR count). The summed E-state index contributed by atoms with van der Waals surface area (Å²) in [6.45, 7) is 0. The minimum atomic E-state index is 1.10. The SMILES string of the molecule is Nn1c2ccccc2c2cc3c4c(sc3cc21)C=CCC4. The zero-order valence-electron chi connectivity index (χ0n) is 11.5. The summed E-state index contributed by atoms with van der Waals surface area (Å²) in [5, 5.41) is 3.90. The van der Waals surface area contributed by atoms with Gasteiger partial charge in [0.1, 0.15) is 0 Å². The first-order chi connectivity index (χ1) is 10.3. The molecule has 21 heavy (non-hydrogen) atoms. The minimum absolute atomic E-state index is 1.10. The van der Waals surface area contributed by atoms with Crippen LogP contribution in [-0.4, -0.2) is 4.68 Å². The van der Waals surface area contributed by atoms with E-state index in [1.807, 2.05) is 22.1 Å². The van der Waals surface area contributed by atoms with Crippen LogP contribution >= 0.6 is 11.3 Å². The molecule has 0 amide bonds. The van der Waals surface area contributed by atoms with Crippen LogP contribution < -0.4 is 5.84 Å². The van der Waals surface area contributed by atoms with E-state index < -0.39 is 0 Å². The molecule has 0 saturated heterocycles. The highest BCUT2D eigenvalue weighted by Gasteiger charge is 2.16. The van der Waals surface area contributed by atoms with Gasteiger partial charge in [-0.2, -0.15) is 0 Å². The topological polar surface area (TPSA) is 30.9 Å². The van der Waals surface area contributed by atoms with Crippen molar-refractivity contribution < 1.29 is 0 Å². The molecule has 0 atom stereocenters. The lowest BCUT2D eigenvalue weighted by atomic mass is 10.00. The number of benzene rings is 2. The zero-order chi connectivity index (χ0) is 14.0. The lowest BCUT2D eigenvalue weighted by Crippen LogP contribution is -2.06. The highest BCUT2D eigenvalue weighted by atomic mass is 32.1. The third-order valence-corrected chi connectivity index (χ3v) is 5.64. The van der Waals surface area contributed by atoms with Crippen molar-refractivity contribution in [1.82, 2.24) is 4.68 Å². The minimum Gasteiger partial charge on any atom is -0.339 e. The highest BCUT2D eigenvalue weighted by molar-refractivity contribution is 7.20. The number of hydrogen-bond acceptors (Lipinski definition) is 2. The summed E-state index contributed by atoms with van der Waals surface area (Å²) in [7, 11) is 0. The highest BCUT2D eigenvalue weighted by Crippen LogP contribution is 2.39. The third-order valence-electron chi connectivity index (χ3n) is 4.48. The van der Waals surface area contributed by atoms with Crippen LogP contribution in [0, 0.1) is 0 Å². The van der Waals surface area contributed by atoms with Crippen LogP contribution in [0.3, 0.4) is 0 Å². The fraction of sp³-hybridized carbons (Fsp3) is 0.111. The molecule has 1 aliphatic rings. The van der Waals surface area contributed by atoms with Gasteiger partial charge in [-0.05, 0) is 48.1 Å². The van der Waals surface area contributed by atoms with Gasteiger partial charge in [0, 0.05) is 20.3 Å². The van der Waals surface area contributed by atoms with Crippen molar-refractivity contribution in [2.24, 2.45) is 0 Å². The molecule has 2 nitrogen and oxygen atoms in total. The van der Waals surface area contributed by atoms with Crippen molar-refractivity contribution in [2.45, 2.75) is 12.8 Å². The maximum atomic E-state index is 6.30. The summed E-state index contributed by atoms with van der Waals surface area (Å²) >= 11 is 1.88. The standard InChI is InChI=1S/C18H14N2S/c19-20-15-7-3-1-5-11(15)13-9-14-12-6-2-4-8-17(12)21-18(14)10-16(13)20/h1,3-5,7-10H,2,6,19H2. The first kappa shape index (κ1) is 11.4. The molecule has 0 unspecified atom stereocenters. The van der Waals surface area contributed by atoms with Crippen LogP contribution in [-0.2, 0) is 6.42 Å². The second-order valence-corrected chi connectivity index (χ2v) is 6.72. The Morgan fingerprint density at radius 1 is 1.00 bits per heavy atom. The van der Waals surface area contributed by atoms with Gasteiger partial charge in [0.2, 0.25) is 0 Å². The first-order valence-corrected chi connectivity index (χ1v) is 8.05. The average Bonchev–Trinajstić information content (AvgIpc) is 3.02. The predicted octanol–water partition coefficient (Wildman–Crippen LogP) is 4.68. The molecular formula is C18H14N2S. The Kier molecular flexibility index (Phi) is 2.11. The van der Waals surface area contributed by atoms with Crippen molar-refractivity contribution in [3.8, 4) is 0 Å². The molecule has 2 aromatic carbocycles. The number of para-hydroxylation sites is 1. The molecular weight excluding hydrogens is 276 g/mol. The molecule has 4 aromatic rings. The second kappa shape index (κ2) is 3.89. The van der Waals surface area contributed by atoms with E-state index in [0.717, 1.165) is 23.9 Å². The maximum Gasteiger partial charge on any atom is 0.0718 e. The van der Waals surface area contributed by atoms with E-state index in [9.17, 15) is 0 Å². The van der Waals surface area contributed by atoms with Crippen molar-refractivity contribution >= 4 is 49.3 Å². The van der Waals surface area contributed by atoms with E-state index in [4.69, 9.17) is 5.84 Å². The number of nitrogens with zero attached hydrogens (tertiary/aromatic N) is 1. The quantitative estimate of drug-likeness (QED) is 0.468.